The first kappa shape index (κ1) is 14.3. The largest absolute Gasteiger partial charge is 0.507 e. The molecule has 9 heteroatoms. The van der Waals surface area contributed by atoms with Gasteiger partial charge in [-0.1, -0.05) is 0 Å². The fraction of sp³-hybridized carbons (Fsp3) is 0.0909. The average Bonchev–Trinajstić information content (AvgIpc) is 2.79. The molecule has 0 aliphatic carbocycles. The van der Waals surface area contributed by atoms with E-state index in [4.69, 9.17) is 5.11 Å². The zero-order valence-corrected chi connectivity index (χ0v) is 11.8. The number of carbonyl (C=O) groups is 1. The van der Waals surface area contributed by atoms with Crippen molar-refractivity contribution in [2.75, 3.05) is 4.72 Å². The average molecular weight is 314 g/mol. The van der Waals surface area contributed by atoms with Gasteiger partial charge in [-0.15, -0.1) is 11.3 Å². The molecule has 0 unspecified atom stereocenters. The number of aryl methyl sites for hydroxylation is 1. The molecule has 0 radical (unpaired) electrons. The molecule has 2 rings (SSSR count). The number of aromatic hydroxyl groups is 1. The van der Waals surface area contributed by atoms with Gasteiger partial charge in [-0.3, -0.25) is 4.72 Å². The third-order valence-corrected chi connectivity index (χ3v) is 4.77. The lowest BCUT2D eigenvalue weighted by atomic mass is 10.1. The Morgan fingerprint density at radius 2 is 2.10 bits per heavy atom. The molecule has 0 spiro atoms. The van der Waals surface area contributed by atoms with Crippen LogP contribution in [0.15, 0.2) is 28.6 Å². The van der Waals surface area contributed by atoms with E-state index in [0.29, 0.717) is 0 Å². The second-order valence-corrected chi connectivity index (χ2v) is 6.43. The number of nitrogens with one attached hydrogen (secondary N) is 1. The van der Waals surface area contributed by atoms with Crippen LogP contribution in [-0.4, -0.2) is 29.6 Å². The summed E-state index contributed by atoms with van der Waals surface area (Å²) >= 11 is 1.10. The maximum absolute atomic E-state index is 12.2. The lowest BCUT2D eigenvalue weighted by Gasteiger charge is -2.10. The van der Waals surface area contributed by atoms with Gasteiger partial charge in [0.2, 0.25) is 0 Å². The highest BCUT2D eigenvalue weighted by Gasteiger charge is 2.22. The Balaban J connectivity index is 2.51. The molecule has 0 amide bonds. The number of hydrogen-bond acceptors (Lipinski definition) is 6. The van der Waals surface area contributed by atoms with E-state index in [1.54, 1.807) is 5.38 Å². The molecule has 1 aromatic heterocycles. The Kier molecular flexibility index (Phi) is 3.64. The van der Waals surface area contributed by atoms with E-state index in [1.807, 2.05) is 0 Å². The van der Waals surface area contributed by atoms with E-state index in [9.17, 15) is 18.3 Å². The molecule has 0 atom stereocenters. The van der Waals surface area contributed by atoms with Gasteiger partial charge in [0.1, 0.15) is 11.3 Å². The van der Waals surface area contributed by atoms with Crippen molar-refractivity contribution >= 4 is 32.5 Å². The van der Waals surface area contributed by atoms with E-state index in [0.717, 1.165) is 23.5 Å². The van der Waals surface area contributed by atoms with Gasteiger partial charge in [-0.25, -0.2) is 18.2 Å². The number of thiazole rings is 1. The van der Waals surface area contributed by atoms with Gasteiger partial charge in [0.05, 0.1) is 4.90 Å². The number of anilines is 1. The molecule has 7 nitrogen and oxygen atoms in total. The van der Waals surface area contributed by atoms with Crippen molar-refractivity contribution in [3.8, 4) is 5.75 Å². The fourth-order valence-corrected chi connectivity index (χ4v) is 3.62. The monoisotopic (exact) mass is 314 g/mol. The highest BCUT2D eigenvalue weighted by atomic mass is 32.2. The Hall–Kier alpha value is -2.13. The van der Waals surface area contributed by atoms with Crippen LogP contribution in [0, 0.1) is 6.92 Å². The van der Waals surface area contributed by atoms with Crippen LogP contribution in [0.4, 0.5) is 5.13 Å². The van der Waals surface area contributed by atoms with Gasteiger partial charge in [0.15, 0.2) is 5.13 Å². The highest BCUT2D eigenvalue weighted by molar-refractivity contribution is 7.93. The maximum Gasteiger partial charge on any atom is 0.339 e. The van der Waals surface area contributed by atoms with Crippen LogP contribution in [0.2, 0.25) is 0 Å². The molecule has 0 saturated carbocycles. The minimum atomic E-state index is -3.96. The topological polar surface area (TPSA) is 117 Å². The number of sulfonamides is 1. The van der Waals surface area contributed by atoms with E-state index >= 15 is 0 Å². The molecule has 1 heterocycles. The molecule has 0 aliphatic heterocycles. The Labute approximate surface area is 118 Å². The van der Waals surface area contributed by atoms with Crippen LogP contribution >= 0.6 is 11.3 Å². The molecule has 2 aromatic rings. The number of hydrogen-bond donors (Lipinski definition) is 3. The van der Waals surface area contributed by atoms with Crippen molar-refractivity contribution in [1.82, 2.24) is 4.98 Å². The summed E-state index contributed by atoms with van der Waals surface area (Å²) in [5, 5.41) is 20.2. The van der Waals surface area contributed by atoms with Crippen molar-refractivity contribution in [3.05, 3.63) is 34.8 Å². The van der Waals surface area contributed by atoms with Crippen molar-refractivity contribution in [3.63, 3.8) is 0 Å². The number of benzene rings is 1. The Morgan fingerprint density at radius 1 is 1.40 bits per heavy atom. The number of nitrogens with zero attached hydrogens (tertiary/aromatic N) is 1. The third kappa shape index (κ3) is 2.73. The summed E-state index contributed by atoms with van der Waals surface area (Å²) in [5.74, 6) is -1.89. The first-order valence-electron chi connectivity index (χ1n) is 5.30. The summed E-state index contributed by atoms with van der Waals surface area (Å²) in [6.07, 6.45) is 1.44. The summed E-state index contributed by atoms with van der Waals surface area (Å²) in [4.78, 5) is 14.5. The zero-order chi connectivity index (χ0) is 14.9. The standard InChI is InChI=1S/C11H10N2O5S2/c1-6-4-8(14)7(10(15)16)5-9(6)20(17,18)13-11-12-2-3-19-11/h2-5,14H,1H3,(H,12,13)(H,15,16). The summed E-state index contributed by atoms with van der Waals surface area (Å²) in [6, 6.07) is 2.02. The summed E-state index contributed by atoms with van der Waals surface area (Å²) < 4.78 is 26.6. The van der Waals surface area contributed by atoms with E-state index in [1.165, 1.54) is 13.1 Å². The minimum Gasteiger partial charge on any atom is -0.507 e. The lowest BCUT2D eigenvalue weighted by Crippen LogP contribution is -2.15. The van der Waals surface area contributed by atoms with Gasteiger partial charge in [0, 0.05) is 11.6 Å². The van der Waals surface area contributed by atoms with Crippen LogP contribution in [-0.2, 0) is 10.0 Å². The fourth-order valence-electron chi connectivity index (χ4n) is 1.58. The van der Waals surface area contributed by atoms with Gasteiger partial charge < -0.3 is 10.2 Å². The molecule has 3 N–H and O–H groups in total. The third-order valence-electron chi connectivity index (χ3n) is 2.47. The molecule has 0 saturated heterocycles. The molecule has 20 heavy (non-hydrogen) atoms. The van der Waals surface area contributed by atoms with E-state index < -0.39 is 27.3 Å². The Bertz CT molecular complexity index is 753. The van der Waals surface area contributed by atoms with E-state index in [2.05, 4.69) is 9.71 Å². The number of aromatic carboxylic acids is 1. The summed E-state index contributed by atoms with van der Waals surface area (Å²) in [6.45, 7) is 1.46. The normalized spacial score (nSPS) is 11.2. The van der Waals surface area contributed by atoms with Crippen molar-refractivity contribution < 1.29 is 23.4 Å². The summed E-state index contributed by atoms with van der Waals surface area (Å²) in [5.41, 5.74) is -0.244. The number of carboxylic acid groups (broad SMARTS) is 1. The second kappa shape index (κ2) is 5.10. The smallest absolute Gasteiger partial charge is 0.339 e. The van der Waals surface area contributed by atoms with Crippen LogP contribution in [0.25, 0.3) is 0 Å². The van der Waals surface area contributed by atoms with Crippen molar-refractivity contribution in [1.29, 1.82) is 0 Å². The molecule has 0 bridgehead atoms. The van der Waals surface area contributed by atoms with Gasteiger partial charge >= 0.3 is 5.97 Å². The quantitative estimate of drug-likeness (QED) is 0.790. The maximum atomic E-state index is 12.2. The number of rotatable bonds is 4. The van der Waals surface area contributed by atoms with Gasteiger partial charge in [-0.2, -0.15) is 0 Å². The first-order valence-corrected chi connectivity index (χ1v) is 7.67. The molecular weight excluding hydrogens is 304 g/mol. The number of carboxylic acids is 1. The van der Waals surface area contributed by atoms with Gasteiger partial charge in [0.25, 0.3) is 10.0 Å². The molecule has 1 aromatic carbocycles. The van der Waals surface area contributed by atoms with Crippen LogP contribution < -0.4 is 4.72 Å². The molecule has 0 aliphatic rings. The predicted molar refractivity (Wildman–Crippen MR) is 72.7 cm³/mol. The number of phenols is 1. The van der Waals surface area contributed by atoms with Crippen molar-refractivity contribution in [2.24, 2.45) is 0 Å². The van der Waals surface area contributed by atoms with Crippen LogP contribution in [0.3, 0.4) is 0 Å². The summed E-state index contributed by atoms with van der Waals surface area (Å²) in [7, 11) is -3.96. The van der Waals surface area contributed by atoms with Gasteiger partial charge in [-0.05, 0) is 24.6 Å². The SMILES string of the molecule is Cc1cc(O)c(C(=O)O)cc1S(=O)(=O)Nc1nccs1. The molecular formula is C11H10N2O5S2. The minimum absolute atomic E-state index is 0.175. The zero-order valence-electron chi connectivity index (χ0n) is 10.2. The number of aromatic nitrogens is 1. The van der Waals surface area contributed by atoms with Crippen molar-refractivity contribution in [2.45, 2.75) is 11.8 Å². The van der Waals surface area contributed by atoms with E-state index in [-0.39, 0.29) is 15.6 Å². The molecule has 0 fully saturated rings. The van der Waals surface area contributed by atoms with Crippen LogP contribution in [0.5, 0.6) is 5.75 Å². The second-order valence-electron chi connectivity index (χ2n) is 3.88. The molecule has 106 valence electrons. The Morgan fingerprint density at radius 3 is 2.65 bits per heavy atom. The predicted octanol–water partition coefficient (Wildman–Crippen LogP) is 1.66. The van der Waals surface area contributed by atoms with Crippen LogP contribution in [0.1, 0.15) is 15.9 Å². The lowest BCUT2D eigenvalue weighted by molar-refractivity contribution is 0.0693. The highest BCUT2D eigenvalue weighted by Crippen LogP contribution is 2.27. The first-order chi connectivity index (χ1) is 9.31.